The summed E-state index contributed by atoms with van der Waals surface area (Å²) in [5, 5.41) is 11.8. The fourth-order valence-electron chi connectivity index (χ4n) is 2.57. The van der Waals surface area contributed by atoms with E-state index in [-0.39, 0.29) is 18.4 Å². The molecule has 1 fully saturated rings. The van der Waals surface area contributed by atoms with Gasteiger partial charge in [0.05, 0.1) is 5.92 Å². The van der Waals surface area contributed by atoms with Crippen LogP contribution in [0.5, 0.6) is 0 Å². The lowest BCUT2D eigenvalue weighted by atomic mass is 9.84. The number of carboxylic acid groups (broad SMARTS) is 1. The van der Waals surface area contributed by atoms with Gasteiger partial charge in [0, 0.05) is 25.0 Å². The van der Waals surface area contributed by atoms with Crippen molar-refractivity contribution in [3.63, 3.8) is 0 Å². The van der Waals surface area contributed by atoms with Crippen molar-refractivity contribution < 1.29 is 19.1 Å². The van der Waals surface area contributed by atoms with Crippen LogP contribution in [0.4, 0.5) is 9.18 Å². The molecule has 1 saturated heterocycles. The molecule has 1 aromatic carbocycles. The van der Waals surface area contributed by atoms with Crippen LogP contribution in [0.1, 0.15) is 25.8 Å². The first-order chi connectivity index (χ1) is 10.3. The van der Waals surface area contributed by atoms with E-state index in [1.807, 2.05) is 19.9 Å². The molecule has 2 rings (SSSR count). The minimum Gasteiger partial charge on any atom is -0.481 e. The van der Waals surface area contributed by atoms with Gasteiger partial charge < -0.3 is 15.3 Å². The van der Waals surface area contributed by atoms with Crippen LogP contribution in [0.2, 0.25) is 0 Å². The highest BCUT2D eigenvalue weighted by Crippen LogP contribution is 2.23. The lowest BCUT2D eigenvalue weighted by Gasteiger charge is -2.27. The molecule has 1 heterocycles. The summed E-state index contributed by atoms with van der Waals surface area (Å²) in [6.07, 6.45) is 0.482. The first kappa shape index (κ1) is 16.3. The van der Waals surface area contributed by atoms with Crippen molar-refractivity contribution >= 4 is 12.0 Å². The SMILES string of the molecule is CC(C)(CNC(=O)N1CCC(C(=O)O)C1)c1cccc(F)c1. The molecule has 2 N–H and O–H groups in total. The fraction of sp³-hybridized carbons (Fsp3) is 0.500. The molecule has 0 bridgehead atoms. The Bertz CT molecular complexity index is 574. The van der Waals surface area contributed by atoms with Gasteiger partial charge >= 0.3 is 12.0 Å². The molecule has 2 amide bonds. The predicted octanol–water partition coefficient (Wildman–Crippen LogP) is 2.22. The maximum atomic E-state index is 13.3. The number of hydrogen-bond donors (Lipinski definition) is 2. The number of carbonyl (C=O) groups excluding carboxylic acids is 1. The van der Waals surface area contributed by atoms with E-state index in [1.54, 1.807) is 6.07 Å². The van der Waals surface area contributed by atoms with Crippen LogP contribution in [-0.4, -0.2) is 41.6 Å². The smallest absolute Gasteiger partial charge is 0.317 e. The number of urea groups is 1. The molecule has 1 atom stereocenters. The van der Waals surface area contributed by atoms with Crippen LogP contribution in [0.15, 0.2) is 24.3 Å². The Balaban J connectivity index is 1.92. The predicted molar refractivity (Wildman–Crippen MR) is 80.1 cm³/mol. The molecule has 1 aliphatic rings. The number of rotatable bonds is 4. The van der Waals surface area contributed by atoms with E-state index in [2.05, 4.69) is 5.32 Å². The summed E-state index contributed by atoms with van der Waals surface area (Å²) in [6.45, 7) is 4.88. The summed E-state index contributed by atoms with van der Waals surface area (Å²) < 4.78 is 13.3. The zero-order valence-corrected chi connectivity index (χ0v) is 12.8. The third kappa shape index (κ3) is 3.75. The van der Waals surface area contributed by atoms with Crippen LogP contribution < -0.4 is 5.32 Å². The maximum Gasteiger partial charge on any atom is 0.317 e. The van der Waals surface area contributed by atoms with E-state index in [4.69, 9.17) is 5.11 Å². The third-order valence-corrected chi connectivity index (χ3v) is 4.11. The van der Waals surface area contributed by atoms with Gasteiger partial charge in [0.2, 0.25) is 0 Å². The van der Waals surface area contributed by atoms with E-state index in [9.17, 15) is 14.0 Å². The van der Waals surface area contributed by atoms with Gasteiger partial charge in [-0.2, -0.15) is 0 Å². The van der Waals surface area contributed by atoms with Crippen molar-refractivity contribution in [1.82, 2.24) is 10.2 Å². The Kier molecular flexibility index (Phi) is 4.68. The van der Waals surface area contributed by atoms with Gasteiger partial charge in [0.1, 0.15) is 5.82 Å². The molecule has 120 valence electrons. The summed E-state index contributed by atoms with van der Waals surface area (Å²) in [5.41, 5.74) is 0.390. The number of halogens is 1. The quantitative estimate of drug-likeness (QED) is 0.896. The number of nitrogens with one attached hydrogen (secondary N) is 1. The Labute approximate surface area is 129 Å². The number of carbonyl (C=O) groups is 2. The largest absolute Gasteiger partial charge is 0.481 e. The second-order valence-electron chi connectivity index (χ2n) is 6.32. The van der Waals surface area contributed by atoms with Gasteiger partial charge in [0.25, 0.3) is 0 Å². The van der Waals surface area contributed by atoms with E-state index < -0.39 is 17.3 Å². The molecule has 0 aliphatic carbocycles. The second kappa shape index (κ2) is 6.34. The van der Waals surface area contributed by atoms with Crippen LogP contribution >= 0.6 is 0 Å². The summed E-state index contributed by atoms with van der Waals surface area (Å²) in [4.78, 5) is 24.5. The van der Waals surface area contributed by atoms with Crippen molar-refractivity contribution in [1.29, 1.82) is 0 Å². The Morgan fingerprint density at radius 2 is 2.18 bits per heavy atom. The number of aliphatic carboxylic acids is 1. The number of benzene rings is 1. The number of carboxylic acids is 1. The summed E-state index contributed by atoms with van der Waals surface area (Å²) in [7, 11) is 0. The highest BCUT2D eigenvalue weighted by molar-refractivity contribution is 5.77. The van der Waals surface area contributed by atoms with Gasteiger partial charge in [-0.05, 0) is 24.1 Å². The highest BCUT2D eigenvalue weighted by Gasteiger charge is 2.31. The van der Waals surface area contributed by atoms with E-state index in [1.165, 1.54) is 17.0 Å². The van der Waals surface area contributed by atoms with Crippen molar-refractivity contribution in [3.8, 4) is 0 Å². The molecule has 5 nitrogen and oxygen atoms in total. The van der Waals surface area contributed by atoms with Crippen LogP contribution in [-0.2, 0) is 10.2 Å². The second-order valence-corrected chi connectivity index (χ2v) is 6.32. The lowest BCUT2D eigenvalue weighted by molar-refractivity contribution is -0.141. The Morgan fingerprint density at radius 3 is 2.77 bits per heavy atom. The summed E-state index contributed by atoms with van der Waals surface area (Å²) >= 11 is 0. The number of amides is 2. The topological polar surface area (TPSA) is 69.6 Å². The van der Waals surface area contributed by atoms with E-state index in [0.717, 1.165) is 5.56 Å². The third-order valence-electron chi connectivity index (χ3n) is 4.11. The molecule has 22 heavy (non-hydrogen) atoms. The standard InChI is InChI=1S/C16H21FN2O3/c1-16(2,12-4-3-5-13(17)8-12)10-18-15(22)19-7-6-11(9-19)14(20)21/h3-5,8,11H,6-7,9-10H2,1-2H3,(H,18,22)(H,20,21). The molecule has 0 aromatic heterocycles. The van der Waals surface area contributed by atoms with Gasteiger partial charge in [-0.3, -0.25) is 4.79 Å². The molecular weight excluding hydrogens is 287 g/mol. The van der Waals surface area contributed by atoms with Gasteiger partial charge in [0.15, 0.2) is 0 Å². The molecule has 1 aromatic rings. The maximum absolute atomic E-state index is 13.3. The Morgan fingerprint density at radius 1 is 1.45 bits per heavy atom. The monoisotopic (exact) mass is 308 g/mol. The zero-order valence-electron chi connectivity index (χ0n) is 12.8. The first-order valence-electron chi connectivity index (χ1n) is 7.31. The number of likely N-dealkylation sites (tertiary alicyclic amines) is 1. The highest BCUT2D eigenvalue weighted by atomic mass is 19.1. The minimum atomic E-state index is -0.865. The van der Waals surface area contributed by atoms with Gasteiger partial charge in [-0.1, -0.05) is 26.0 Å². The summed E-state index contributed by atoms with van der Waals surface area (Å²) in [5.74, 6) is -1.65. The summed E-state index contributed by atoms with van der Waals surface area (Å²) in [6, 6.07) is 6.04. The molecule has 1 aliphatic heterocycles. The number of nitrogens with zero attached hydrogens (tertiary/aromatic N) is 1. The number of hydrogen-bond acceptors (Lipinski definition) is 2. The molecule has 0 saturated carbocycles. The van der Waals surface area contributed by atoms with Crippen LogP contribution in [0.3, 0.4) is 0 Å². The molecule has 0 spiro atoms. The molecule has 0 radical (unpaired) electrons. The average molecular weight is 308 g/mol. The normalized spacial score (nSPS) is 18.3. The minimum absolute atomic E-state index is 0.238. The van der Waals surface area contributed by atoms with Crippen LogP contribution in [0, 0.1) is 11.7 Å². The van der Waals surface area contributed by atoms with Crippen molar-refractivity contribution in [3.05, 3.63) is 35.6 Å². The average Bonchev–Trinajstić information content (AvgIpc) is 2.95. The van der Waals surface area contributed by atoms with Gasteiger partial charge in [-0.15, -0.1) is 0 Å². The molecular formula is C16H21FN2O3. The van der Waals surface area contributed by atoms with Crippen molar-refractivity contribution in [2.24, 2.45) is 5.92 Å². The van der Waals surface area contributed by atoms with Crippen LogP contribution in [0.25, 0.3) is 0 Å². The lowest BCUT2D eigenvalue weighted by Crippen LogP contribution is -2.44. The first-order valence-corrected chi connectivity index (χ1v) is 7.31. The van der Waals surface area contributed by atoms with E-state index in [0.29, 0.717) is 19.5 Å². The zero-order chi connectivity index (χ0) is 16.3. The van der Waals surface area contributed by atoms with E-state index >= 15 is 0 Å². The fourth-order valence-corrected chi connectivity index (χ4v) is 2.57. The van der Waals surface area contributed by atoms with Crippen molar-refractivity contribution in [2.75, 3.05) is 19.6 Å². The Hall–Kier alpha value is -2.11. The molecule has 1 unspecified atom stereocenters. The van der Waals surface area contributed by atoms with Crippen molar-refractivity contribution in [2.45, 2.75) is 25.7 Å². The van der Waals surface area contributed by atoms with Gasteiger partial charge in [-0.25, -0.2) is 9.18 Å². The molecule has 6 heteroatoms.